The van der Waals surface area contributed by atoms with E-state index in [1.54, 1.807) is 25.2 Å². The number of hydrogen-bond donors (Lipinski definition) is 4. The van der Waals surface area contributed by atoms with Crippen LogP contribution in [0.25, 0.3) is 0 Å². The molecule has 4 nitrogen and oxygen atoms in total. The predicted octanol–water partition coefficient (Wildman–Crippen LogP) is 0.945. The second-order valence-electron chi connectivity index (χ2n) is 3.91. The molecule has 0 heterocycles. The number of hydrogen-bond acceptors (Lipinski definition) is 4. The van der Waals surface area contributed by atoms with Crippen molar-refractivity contribution in [3.8, 4) is 0 Å². The standard InChI is InChI=1S/C12H18BrNO3/c1-14-5-4-11(16)12(17)8-2-3-10(13)9(6-8)7-15/h2-3,6,11-12,14-17H,4-5,7H2,1H3. The quantitative estimate of drug-likeness (QED) is 0.631. The first-order valence-electron chi connectivity index (χ1n) is 5.50. The van der Waals surface area contributed by atoms with E-state index in [2.05, 4.69) is 21.2 Å². The van der Waals surface area contributed by atoms with Crippen molar-refractivity contribution in [2.24, 2.45) is 0 Å². The van der Waals surface area contributed by atoms with Crippen LogP contribution in [0, 0.1) is 0 Å². The summed E-state index contributed by atoms with van der Waals surface area (Å²) in [4.78, 5) is 0. The van der Waals surface area contributed by atoms with Crippen LogP contribution in [0.4, 0.5) is 0 Å². The summed E-state index contributed by atoms with van der Waals surface area (Å²) < 4.78 is 0.792. The van der Waals surface area contributed by atoms with Crippen LogP contribution in [0.1, 0.15) is 23.7 Å². The van der Waals surface area contributed by atoms with Crippen molar-refractivity contribution in [2.45, 2.75) is 25.2 Å². The van der Waals surface area contributed by atoms with Crippen molar-refractivity contribution in [2.75, 3.05) is 13.6 Å². The summed E-state index contributed by atoms with van der Waals surface area (Å²) in [6.45, 7) is 0.537. The normalized spacial score (nSPS) is 14.6. The van der Waals surface area contributed by atoms with Crippen molar-refractivity contribution >= 4 is 15.9 Å². The largest absolute Gasteiger partial charge is 0.392 e. The van der Waals surface area contributed by atoms with Gasteiger partial charge in [-0.3, -0.25) is 0 Å². The molecule has 0 amide bonds. The molecule has 96 valence electrons. The van der Waals surface area contributed by atoms with Crippen LogP contribution in [-0.4, -0.2) is 35.0 Å². The molecule has 0 fully saturated rings. The molecule has 2 atom stereocenters. The molecular weight excluding hydrogens is 286 g/mol. The number of nitrogens with one attached hydrogen (secondary N) is 1. The monoisotopic (exact) mass is 303 g/mol. The molecule has 0 saturated heterocycles. The second kappa shape index (κ2) is 7.08. The molecule has 0 radical (unpaired) electrons. The fourth-order valence-electron chi connectivity index (χ4n) is 1.57. The first-order chi connectivity index (χ1) is 8.10. The Morgan fingerprint density at radius 1 is 1.35 bits per heavy atom. The van der Waals surface area contributed by atoms with Crippen molar-refractivity contribution in [3.05, 3.63) is 33.8 Å². The van der Waals surface area contributed by atoms with Gasteiger partial charge in [-0.05, 0) is 43.3 Å². The lowest BCUT2D eigenvalue weighted by Gasteiger charge is -2.19. The number of aliphatic hydroxyl groups is 3. The van der Waals surface area contributed by atoms with E-state index in [9.17, 15) is 10.2 Å². The van der Waals surface area contributed by atoms with Gasteiger partial charge < -0.3 is 20.6 Å². The summed E-state index contributed by atoms with van der Waals surface area (Å²) in [5, 5.41) is 31.8. The van der Waals surface area contributed by atoms with Gasteiger partial charge in [0.25, 0.3) is 0 Å². The van der Waals surface area contributed by atoms with Crippen molar-refractivity contribution in [1.82, 2.24) is 5.32 Å². The predicted molar refractivity (Wildman–Crippen MR) is 69.6 cm³/mol. The third kappa shape index (κ3) is 4.04. The third-order valence-corrected chi connectivity index (χ3v) is 3.41. The molecule has 1 aromatic carbocycles. The van der Waals surface area contributed by atoms with Crippen LogP contribution in [-0.2, 0) is 6.61 Å². The molecule has 0 saturated carbocycles. The Hall–Kier alpha value is -0.460. The molecule has 0 aliphatic carbocycles. The van der Waals surface area contributed by atoms with Crippen LogP contribution in [0.15, 0.2) is 22.7 Å². The van der Waals surface area contributed by atoms with Crippen molar-refractivity contribution < 1.29 is 15.3 Å². The number of rotatable bonds is 6. The van der Waals surface area contributed by atoms with Crippen LogP contribution in [0.3, 0.4) is 0 Å². The maximum atomic E-state index is 9.95. The molecule has 5 heteroatoms. The van der Waals surface area contributed by atoms with Crippen LogP contribution >= 0.6 is 15.9 Å². The number of halogens is 1. The highest BCUT2D eigenvalue weighted by Crippen LogP contribution is 2.24. The summed E-state index contributed by atoms with van der Waals surface area (Å²) in [5.41, 5.74) is 1.31. The van der Waals surface area contributed by atoms with E-state index in [1.165, 1.54) is 0 Å². The maximum absolute atomic E-state index is 9.95. The average molecular weight is 304 g/mol. The number of benzene rings is 1. The Balaban J connectivity index is 2.77. The first kappa shape index (κ1) is 14.6. The lowest BCUT2D eigenvalue weighted by Crippen LogP contribution is -2.23. The average Bonchev–Trinajstić information content (AvgIpc) is 2.35. The highest BCUT2D eigenvalue weighted by atomic mass is 79.9. The zero-order valence-corrected chi connectivity index (χ0v) is 11.3. The molecule has 1 aromatic rings. The van der Waals surface area contributed by atoms with Crippen molar-refractivity contribution in [3.63, 3.8) is 0 Å². The highest BCUT2D eigenvalue weighted by Gasteiger charge is 2.18. The summed E-state index contributed by atoms with van der Waals surface area (Å²) in [6.07, 6.45) is -1.26. The van der Waals surface area contributed by atoms with Gasteiger partial charge in [0.15, 0.2) is 0 Å². The minimum atomic E-state index is -0.929. The Bertz CT molecular complexity index is 360. The minimum absolute atomic E-state index is 0.103. The van der Waals surface area contributed by atoms with Gasteiger partial charge in [0, 0.05) is 4.47 Å². The van der Waals surface area contributed by atoms with Crippen LogP contribution in [0.5, 0.6) is 0 Å². The zero-order valence-electron chi connectivity index (χ0n) is 9.73. The summed E-state index contributed by atoms with van der Waals surface area (Å²) in [5.74, 6) is 0. The lowest BCUT2D eigenvalue weighted by atomic mass is 10.0. The molecule has 0 aliphatic rings. The van der Waals surface area contributed by atoms with Crippen LogP contribution < -0.4 is 5.32 Å². The molecule has 4 N–H and O–H groups in total. The van der Waals surface area contributed by atoms with Gasteiger partial charge in [-0.2, -0.15) is 0 Å². The van der Waals surface area contributed by atoms with Gasteiger partial charge in [-0.1, -0.05) is 22.0 Å². The number of aliphatic hydroxyl groups excluding tert-OH is 3. The van der Waals surface area contributed by atoms with E-state index in [0.29, 0.717) is 24.1 Å². The Morgan fingerprint density at radius 3 is 2.65 bits per heavy atom. The van der Waals surface area contributed by atoms with Gasteiger partial charge in [-0.15, -0.1) is 0 Å². The molecule has 2 unspecified atom stereocenters. The highest BCUT2D eigenvalue weighted by molar-refractivity contribution is 9.10. The SMILES string of the molecule is CNCCC(O)C(O)c1ccc(Br)c(CO)c1. The first-order valence-corrected chi connectivity index (χ1v) is 6.29. The summed E-state index contributed by atoms with van der Waals surface area (Å²) in [6, 6.07) is 5.18. The zero-order chi connectivity index (χ0) is 12.8. The smallest absolute Gasteiger partial charge is 0.105 e. The third-order valence-electron chi connectivity index (χ3n) is 2.64. The van der Waals surface area contributed by atoms with Crippen LogP contribution in [0.2, 0.25) is 0 Å². The lowest BCUT2D eigenvalue weighted by molar-refractivity contribution is 0.0139. The van der Waals surface area contributed by atoms with Crippen molar-refractivity contribution in [1.29, 1.82) is 0 Å². The van der Waals surface area contributed by atoms with Gasteiger partial charge in [0.1, 0.15) is 6.10 Å². The Labute approximate surface area is 109 Å². The van der Waals surface area contributed by atoms with E-state index >= 15 is 0 Å². The Kier molecular flexibility index (Phi) is 6.08. The second-order valence-corrected chi connectivity index (χ2v) is 4.77. The summed E-state index contributed by atoms with van der Waals surface area (Å²) >= 11 is 3.30. The Morgan fingerprint density at radius 2 is 2.06 bits per heavy atom. The molecular formula is C12H18BrNO3. The fourth-order valence-corrected chi connectivity index (χ4v) is 1.94. The molecule has 0 bridgehead atoms. The molecule has 0 aliphatic heterocycles. The molecule has 0 spiro atoms. The van der Waals surface area contributed by atoms with E-state index in [4.69, 9.17) is 5.11 Å². The topological polar surface area (TPSA) is 72.7 Å². The van der Waals surface area contributed by atoms with E-state index in [-0.39, 0.29) is 6.61 Å². The van der Waals surface area contributed by atoms with Gasteiger partial charge in [0.2, 0.25) is 0 Å². The minimum Gasteiger partial charge on any atom is -0.392 e. The van der Waals surface area contributed by atoms with Gasteiger partial charge >= 0.3 is 0 Å². The fraction of sp³-hybridized carbons (Fsp3) is 0.500. The van der Waals surface area contributed by atoms with E-state index in [0.717, 1.165) is 4.47 Å². The van der Waals surface area contributed by atoms with Gasteiger partial charge in [-0.25, -0.2) is 0 Å². The van der Waals surface area contributed by atoms with E-state index < -0.39 is 12.2 Å². The maximum Gasteiger partial charge on any atom is 0.105 e. The molecule has 0 aromatic heterocycles. The van der Waals surface area contributed by atoms with E-state index in [1.807, 2.05) is 0 Å². The van der Waals surface area contributed by atoms with Gasteiger partial charge in [0.05, 0.1) is 12.7 Å². The molecule has 1 rings (SSSR count). The molecule has 17 heavy (non-hydrogen) atoms. The summed E-state index contributed by atoms with van der Waals surface area (Å²) in [7, 11) is 1.79.